The van der Waals surface area contributed by atoms with Crippen LogP contribution in [-0.2, 0) is 11.3 Å². The molecule has 1 aliphatic heterocycles. The maximum absolute atomic E-state index is 5.49. The summed E-state index contributed by atoms with van der Waals surface area (Å²) in [5.74, 6) is 0.859. The van der Waals surface area contributed by atoms with Gasteiger partial charge in [-0.05, 0) is 42.8 Å². The second kappa shape index (κ2) is 6.86. The molecule has 0 bridgehead atoms. The second-order valence-corrected chi connectivity index (χ2v) is 6.46. The van der Waals surface area contributed by atoms with E-state index in [-0.39, 0.29) is 0 Å². The summed E-state index contributed by atoms with van der Waals surface area (Å²) >= 11 is 0. The number of fused-ring (bicyclic) bond motifs is 1. The van der Waals surface area contributed by atoms with Crippen LogP contribution in [0.25, 0.3) is 16.9 Å². The van der Waals surface area contributed by atoms with Gasteiger partial charge in [0.25, 0.3) is 0 Å². The normalized spacial score (nSPS) is 15.6. The van der Waals surface area contributed by atoms with E-state index < -0.39 is 0 Å². The number of imidazole rings is 1. The molecule has 0 N–H and O–H groups in total. The molecule has 0 unspecified atom stereocenters. The molecular weight excluding hydrogens is 314 g/mol. The Morgan fingerprint density at radius 3 is 2.56 bits per heavy atom. The van der Waals surface area contributed by atoms with Gasteiger partial charge in [0.1, 0.15) is 11.4 Å². The number of aryl methyl sites for hydroxylation is 1. The first-order valence-corrected chi connectivity index (χ1v) is 8.67. The summed E-state index contributed by atoms with van der Waals surface area (Å²) in [5, 5.41) is 0. The first-order valence-electron chi connectivity index (χ1n) is 8.67. The number of rotatable bonds is 4. The zero-order valence-corrected chi connectivity index (χ0v) is 14.7. The molecule has 0 radical (unpaired) electrons. The summed E-state index contributed by atoms with van der Waals surface area (Å²) in [7, 11) is 1.69. The molecule has 1 saturated heterocycles. The highest BCUT2D eigenvalue weighted by atomic mass is 16.5. The zero-order valence-electron chi connectivity index (χ0n) is 14.7. The van der Waals surface area contributed by atoms with Crippen LogP contribution in [0, 0.1) is 6.92 Å². The van der Waals surface area contributed by atoms with E-state index in [0.717, 1.165) is 55.5 Å². The number of methoxy groups -OCH3 is 1. The molecule has 1 fully saturated rings. The van der Waals surface area contributed by atoms with Crippen molar-refractivity contribution in [2.24, 2.45) is 0 Å². The number of benzene rings is 1. The van der Waals surface area contributed by atoms with Crippen LogP contribution in [0.2, 0.25) is 0 Å². The van der Waals surface area contributed by atoms with Gasteiger partial charge in [0.2, 0.25) is 0 Å². The summed E-state index contributed by atoms with van der Waals surface area (Å²) < 4.78 is 13.0. The molecule has 0 spiro atoms. The fourth-order valence-corrected chi connectivity index (χ4v) is 3.30. The molecule has 3 heterocycles. The Bertz CT molecular complexity index is 865. The molecule has 5 heteroatoms. The lowest BCUT2D eigenvalue weighted by molar-refractivity contribution is 0.0336. The van der Waals surface area contributed by atoms with Crippen molar-refractivity contribution in [2.75, 3.05) is 33.4 Å². The molecule has 4 rings (SSSR count). The maximum atomic E-state index is 5.49. The average Bonchev–Trinajstić information content (AvgIpc) is 3.00. The summed E-state index contributed by atoms with van der Waals surface area (Å²) in [5.41, 5.74) is 5.60. The van der Waals surface area contributed by atoms with E-state index in [1.807, 2.05) is 12.1 Å². The van der Waals surface area contributed by atoms with Crippen LogP contribution in [0.1, 0.15) is 11.3 Å². The molecule has 0 amide bonds. The van der Waals surface area contributed by atoms with Crippen molar-refractivity contribution < 1.29 is 9.47 Å². The highest BCUT2D eigenvalue weighted by Crippen LogP contribution is 2.28. The van der Waals surface area contributed by atoms with Gasteiger partial charge in [-0.3, -0.25) is 4.90 Å². The van der Waals surface area contributed by atoms with E-state index >= 15 is 0 Å². The third-order valence-corrected chi connectivity index (χ3v) is 4.71. The number of ether oxygens (including phenoxy) is 2. The third kappa shape index (κ3) is 3.25. The topological polar surface area (TPSA) is 39.0 Å². The van der Waals surface area contributed by atoms with Gasteiger partial charge in [-0.15, -0.1) is 0 Å². The summed E-state index contributed by atoms with van der Waals surface area (Å²) in [6.45, 7) is 6.50. The van der Waals surface area contributed by atoms with Gasteiger partial charge in [-0.25, -0.2) is 4.98 Å². The standard InChI is InChI=1S/C20H23N3O2/c1-15-3-8-19-21-20(16-4-6-17(24-2)7-5-16)18(23(19)13-15)14-22-9-11-25-12-10-22/h3-8,13H,9-12,14H2,1-2H3. The van der Waals surface area contributed by atoms with Gasteiger partial charge in [-0.2, -0.15) is 0 Å². The Hall–Kier alpha value is -2.37. The van der Waals surface area contributed by atoms with Crippen molar-refractivity contribution in [1.82, 2.24) is 14.3 Å². The third-order valence-electron chi connectivity index (χ3n) is 4.71. The van der Waals surface area contributed by atoms with Crippen LogP contribution >= 0.6 is 0 Å². The highest BCUT2D eigenvalue weighted by Gasteiger charge is 2.19. The SMILES string of the molecule is COc1ccc(-c2nc3ccc(C)cn3c2CN2CCOCC2)cc1. The van der Waals surface area contributed by atoms with Crippen LogP contribution in [0.5, 0.6) is 5.75 Å². The Kier molecular flexibility index (Phi) is 4.42. The van der Waals surface area contributed by atoms with Gasteiger partial charge < -0.3 is 13.9 Å². The molecule has 5 nitrogen and oxygen atoms in total. The minimum atomic E-state index is 0.799. The van der Waals surface area contributed by atoms with Crippen molar-refractivity contribution in [2.45, 2.75) is 13.5 Å². The van der Waals surface area contributed by atoms with Crippen molar-refractivity contribution >= 4 is 5.65 Å². The van der Waals surface area contributed by atoms with E-state index in [1.54, 1.807) is 7.11 Å². The predicted molar refractivity (Wildman–Crippen MR) is 98.0 cm³/mol. The quantitative estimate of drug-likeness (QED) is 0.733. The largest absolute Gasteiger partial charge is 0.497 e. The van der Waals surface area contributed by atoms with E-state index in [9.17, 15) is 0 Å². The van der Waals surface area contributed by atoms with Gasteiger partial charge in [0.15, 0.2) is 0 Å². The van der Waals surface area contributed by atoms with Crippen LogP contribution in [-0.4, -0.2) is 47.7 Å². The Balaban J connectivity index is 1.79. The lowest BCUT2D eigenvalue weighted by atomic mass is 10.1. The number of nitrogens with zero attached hydrogens (tertiary/aromatic N) is 3. The maximum Gasteiger partial charge on any atom is 0.137 e. The monoisotopic (exact) mass is 337 g/mol. The van der Waals surface area contributed by atoms with E-state index in [0.29, 0.717) is 0 Å². The number of morpholine rings is 1. The first-order chi connectivity index (χ1) is 12.2. The lowest BCUT2D eigenvalue weighted by Crippen LogP contribution is -2.36. The Morgan fingerprint density at radius 2 is 1.84 bits per heavy atom. The smallest absolute Gasteiger partial charge is 0.137 e. The molecule has 2 aromatic heterocycles. The average molecular weight is 337 g/mol. The van der Waals surface area contributed by atoms with Crippen LogP contribution < -0.4 is 4.74 Å². The van der Waals surface area contributed by atoms with Gasteiger partial charge in [-0.1, -0.05) is 6.07 Å². The summed E-state index contributed by atoms with van der Waals surface area (Å²) in [4.78, 5) is 7.34. The van der Waals surface area contributed by atoms with Crippen LogP contribution in [0.3, 0.4) is 0 Å². The van der Waals surface area contributed by atoms with Gasteiger partial charge >= 0.3 is 0 Å². The van der Waals surface area contributed by atoms with Gasteiger partial charge in [0.05, 0.1) is 31.7 Å². The van der Waals surface area contributed by atoms with Crippen LogP contribution in [0.15, 0.2) is 42.6 Å². The molecule has 25 heavy (non-hydrogen) atoms. The van der Waals surface area contributed by atoms with Crippen molar-refractivity contribution in [3.8, 4) is 17.0 Å². The fourth-order valence-electron chi connectivity index (χ4n) is 3.30. The molecule has 1 aromatic carbocycles. The van der Waals surface area contributed by atoms with Crippen molar-refractivity contribution in [1.29, 1.82) is 0 Å². The number of hydrogen-bond acceptors (Lipinski definition) is 4. The van der Waals surface area contributed by atoms with Crippen molar-refractivity contribution in [3.05, 3.63) is 53.9 Å². The van der Waals surface area contributed by atoms with E-state index in [1.165, 1.54) is 11.3 Å². The molecule has 3 aromatic rings. The fraction of sp³-hybridized carbons (Fsp3) is 0.350. The molecule has 0 atom stereocenters. The van der Waals surface area contributed by atoms with Gasteiger partial charge in [0, 0.05) is 31.4 Å². The molecule has 0 saturated carbocycles. The number of hydrogen-bond donors (Lipinski definition) is 0. The Labute approximate surface area is 147 Å². The lowest BCUT2D eigenvalue weighted by Gasteiger charge is -2.26. The zero-order chi connectivity index (χ0) is 17.2. The minimum Gasteiger partial charge on any atom is -0.497 e. The van der Waals surface area contributed by atoms with Crippen molar-refractivity contribution in [3.63, 3.8) is 0 Å². The van der Waals surface area contributed by atoms with Crippen LogP contribution in [0.4, 0.5) is 0 Å². The molecular formula is C20H23N3O2. The Morgan fingerprint density at radius 1 is 1.08 bits per heavy atom. The molecule has 0 aliphatic carbocycles. The molecule has 1 aliphatic rings. The second-order valence-electron chi connectivity index (χ2n) is 6.46. The highest BCUT2D eigenvalue weighted by molar-refractivity contribution is 5.67. The first kappa shape index (κ1) is 16.1. The summed E-state index contributed by atoms with van der Waals surface area (Å²) in [6, 6.07) is 12.3. The predicted octanol–water partition coefficient (Wildman–Crippen LogP) is 3.15. The summed E-state index contributed by atoms with van der Waals surface area (Å²) in [6.07, 6.45) is 2.17. The number of aromatic nitrogens is 2. The molecule has 130 valence electrons. The van der Waals surface area contributed by atoms with E-state index in [2.05, 4.69) is 46.7 Å². The number of pyridine rings is 1. The minimum absolute atomic E-state index is 0.799. The van der Waals surface area contributed by atoms with E-state index in [4.69, 9.17) is 14.5 Å².